The van der Waals surface area contributed by atoms with Crippen molar-refractivity contribution in [3.05, 3.63) is 41.6 Å². The maximum atomic E-state index is 12.0. The first-order valence-corrected chi connectivity index (χ1v) is 7.60. The molecule has 0 aromatic carbocycles. The van der Waals surface area contributed by atoms with Crippen molar-refractivity contribution >= 4 is 6.03 Å². The molecule has 3 N–H and O–H groups in total. The Kier molecular flexibility index (Phi) is 5.10. The average Bonchev–Trinajstić information content (AvgIpc) is 3.08. The van der Waals surface area contributed by atoms with E-state index in [2.05, 4.69) is 15.7 Å². The summed E-state index contributed by atoms with van der Waals surface area (Å²) in [6.07, 6.45) is 1.49. The van der Waals surface area contributed by atoms with Crippen LogP contribution in [-0.4, -0.2) is 33.5 Å². The number of amides is 2. The Morgan fingerprint density at radius 1 is 1.52 bits per heavy atom. The molecule has 0 aliphatic rings. The predicted molar refractivity (Wildman–Crippen MR) is 86.0 cm³/mol. The van der Waals surface area contributed by atoms with Gasteiger partial charge in [-0.1, -0.05) is 0 Å². The van der Waals surface area contributed by atoms with E-state index in [1.54, 1.807) is 19.1 Å². The summed E-state index contributed by atoms with van der Waals surface area (Å²) in [5.74, 6) is 0.411. The van der Waals surface area contributed by atoms with E-state index in [1.165, 1.54) is 6.26 Å². The molecule has 0 aliphatic carbocycles. The van der Waals surface area contributed by atoms with Crippen LogP contribution in [0.5, 0.6) is 0 Å². The van der Waals surface area contributed by atoms with Crippen molar-refractivity contribution in [2.45, 2.75) is 45.9 Å². The quantitative estimate of drug-likeness (QED) is 0.755. The number of rotatable bonds is 6. The molecule has 2 heterocycles. The van der Waals surface area contributed by atoms with Crippen LogP contribution in [0.25, 0.3) is 0 Å². The van der Waals surface area contributed by atoms with Crippen LogP contribution < -0.4 is 10.6 Å². The smallest absolute Gasteiger partial charge is 0.315 e. The van der Waals surface area contributed by atoms with E-state index in [9.17, 15) is 9.90 Å². The van der Waals surface area contributed by atoms with E-state index >= 15 is 0 Å². The van der Waals surface area contributed by atoms with Gasteiger partial charge in [0.2, 0.25) is 0 Å². The highest BCUT2D eigenvalue weighted by Gasteiger charge is 2.26. The number of carbonyl (C=O) groups excluding carboxylic acids is 1. The minimum absolute atomic E-state index is 0.0545. The number of hydrogen-bond acceptors (Lipinski definition) is 4. The van der Waals surface area contributed by atoms with Gasteiger partial charge < -0.3 is 20.2 Å². The number of aliphatic hydroxyl groups is 1. The Morgan fingerprint density at radius 3 is 2.83 bits per heavy atom. The fraction of sp³-hybridized carbons (Fsp3) is 0.500. The number of carbonyl (C=O) groups is 1. The van der Waals surface area contributed by atoms with Gasteiger partial charge in [-0.2, -0.15) is 5.10 Å². The van der Waals surface area contributed by atoms with Crippen molar-refractivity contribution in [1.29, 1.82) is 0 Å². The number of aromatic nitrogens is 2. The molecular weight excluding hydrogens is 296 g/mol. The van der Waals surface area contributed by atoms with Crippen molar-refractivity contribution < 1.29 is 14.3 Å². The molecule has 126 valence electrons. The molecule has 7 heteroatoms. The molecule has 2 amide bonds. The van der Waals surface area contributed by atoms with Crippen LogP contribution in [0.3, 0.4) is 0 Å². The van der Waals surface area contributed by atoms with Crippen molar-refractivity contribution in [1.82, 2.24) is 20.4 Å². The lowest BCUT2D eigenvalue weighted by molar-refractivity contribution is 0.0366. The van der Waals surface area contributed by atoms with Crippen molar-refractivity contribution in [2.75, 3.05) is 6.54 Å². The average molecular weight is 320 g/mol. The Labute approximate surface area is 135 Å². The lowest BCUT2D eigenvalue weighted by Crippen LogP contribution is -2.47. The number of nitrogens with one attached hydrogen (secondary N) is 2. The largest absolute Gasteiger partial charge is 0.466 e. The molecule has 0 saturated carbocycles. The Bertz CT molecular complexity index is 646. The Balaban J connectivity index is 1.81. The fourth-order valence-corrected chi connectivity index (χ4v) is 2.36. The van der Waals surface area contributed by atoms with Crippen molar-refractivity contribution in [3.8, 4) is 0 Å². The van der Waals surface area contributed by atoms with Crippen LogP contribution in [-0.2, 0) is 12.1 Å². The summed E-state index contributed by atoms with van der Waals surface area (Å²) in [5, 5.41) is 20.1. The molecule has 0 spiro atoms. The number of nitrogens with zero attached hydrogens (tertiary/aromatic N) is 2. The van der Waals surface area contributed by atoms with Gasteiger partial charge in [0.05, 0.1) is 25.0 Å². The minimum atomic E-state index is -1.25. The summed E-state index contributed by atoms with van der Waals surface area (Å²) >= 11 is 0. The molecule has 0 saturated heterocycles. The summed E-state index contributed by atoms with van der Waals surface area (Å²) in [7, 11) is 0. The fourth-order valence-electron chi connectivity index (χ4n) is 2.36. The van der Waals surface area contributed by atoms with Gasteiger partial charge in [-0.25, -0.2) is 4.79 Å². The van der Waals surface area contributed by atoms with Crippen LogP contribution in [0.15, 0.2) is 28.9 Å². The first-order valence-electron chi connectivity index (χ1n) is 7.60. The highest BCUT2D eigenvalue weighted by atomic mass is 16.4. The third-order valence-electron chi connectivity index (χ3n) is 3.57. The zero-order chi connectivity index (χ0) is 17.0. The van der Waals surface area contributed by atoms with E-state index in [0.717, 1.165) is 11.4 Å². The van der Waals surface area contributed by atoms with Gasteiger partial charge >= 0.3 is 6.03 Å². The van der Waals surface area contributed by atoms with Gasteiger partial charge in [-0.3, -0.25) is 4.68 Å². The first kappa shape index (κ1) is 17.1. The topological polar surface area (TPSA) is 92.3 Å². The van der Waals surface area contributed by atoms with E-state index in [4.69, 9.17) is 4.42 Å². The first-order chi connectivity index (χ1) is 10.8. The molecule has 0 fully saturated rings. The second kappa shape index (κ2) is 6.87. The summed E-state index contributed by atoms with van der Waals surface area (Å²) < 4.78 is 7.03. The van der Waals surface area contributed by atoms with E-state index in [0.29, 0.717) is 12.3 Å². The van der Waals surface area contributed by atoms with Crippen LogP contribution in [0.1, 0.15) is 31.0 Å². The van der Waals surface area contributed by atoms with Crippen LogP contribution in [0.2, 0.25) is 0 Å². The number of furan rings is 1. The number of aryl methyl sites for hydroxylation is 2. The zero-order valence-electron chi connectivity index (χ0n) is 14.0. The third-order valence-corrected chi connectivity index (χ3v) is 3.57. The van der Waals surface area contributed by atoms with Crippen molar-refractivity contribution in [3.63, 3.8) is 0 Å². The second-order valence-corrected chi connectivity index (χ2v) is 6.09. The molecule has 0 unspecified atom stereocenters. The normalized spacial score (nSPS) is 15.0. The number of urea groups is 1. The predicted octanol–water partition coefficient (Wildman–Crippen LogP) is 1.69. The molecule has 2 rings (SSSR count). The van der Waals surface area contributed by atoms with Crippen molar-refractivity contribution in [2.24, 2.45) is 0 Å². The van der Waals surface area contributed by atoms with E-state index < -0.39 is 5.60 Å². The second-order valence-electron chi connectivity index (χ2n) is 6.09. The molecule has 2 atom stereocenters. The van der Waals surface area contributed by atoms with Gasteiger partial charge in [0.1, 0.15) is 11.4 Å². The summed E-state index contributed by atoms with van der Waals surface area (Å²) in [5.41, 5.74) is 0.755. The van der Waals surface area contributed by atoms with Gasteiger partial charge in [0.15, 0.2) is 0 Å². The van der Waals surface area contributed by atoms with Crippen LogP contribution in [0.4, 0.5) is 4.79 Å². The SMILES string of the molecule is Cc1cc(C)n(C[C@H](C)NC(=O)NC[C@](C)(O)c2ccco2)n1. The number of hydrogen-bond donors (Lipinski definition) is 3. The van der Waals surface area contributed by atoms with Crippen LogP contribution >= 0.6 is 0 Å². The van der Waals surface area contributed by atoms with E-state index in [-0.39, 0.29) is 18.6 Å². The standard InChI is InChI=1S/C16H24N4O3/c1-11-8-13(3)20(19-11)9-12(2)18-15(21)17-10-16(4,22)14-6-5-7-23-14/h5-8,12,22H,9-10H2,1-4H3,(H2,17,18,21)/t12-,16-/m0/s1. The maximum Gasteiger partial charge on any atom is 0.315 e. The minimum Gasteiger partial charge on any atom is -0.466 e. The molecule has 0 bridgehead atoms. The molecule has 0 aliphatic heterocycles. The highest BCUT2D eigenvalue weighted by molar-refractivity contribution is 5.74. The van der Waals surface area contributed by atoms with Gasteiger partial charge in [0.25, 0.3) is 0 Å². The van der Waals surface area contributed by atoms with Gasteiger partial charge in [0, 0.05) is 11.7 Å². The zero-order valence-corrected chi connectivity index (χ0v) is 14.0. The molecule has 23 heavy (non-hydrogen) atoms. The maximum absolute atomic E-state index is 12.0. The summed E-state index contributed by atoms with van der Waals surface area (Å²) in [4.78, 5) is 12.0. The lowest BCUT2D eigenvalue weighted by atomic mass is 10.0. The van der Waals surface area contributed by atoms with Gasteiger partial charge in [-0.15, -0.1) is 0 Å². The molecule has 7 nitrogen and oxygen atoms in total. The van der Waals surface area contributed by atoms with E-state index in [1.807, 2.05) is 31.5 Å². The molecule has 2 aromatic rings. The van der Waals surface area contributed by atoms with Gasteiger partial charge in [-0.05, 0) is 45.9 Å². The molecule has 0 radical (unpaired) electrons. The Morgan fingerprint density at radius 2 is 2.26 bits per heavy atom. The summed E-state index contributed by atoms with van der Waals surface area (Å²) in [6.45, 7) is 8.05. The lowest BCUT2D eigenvalue weighted by Gasteiger charge is -2.22. The molecular formula is C16H24N4O3. The highest BCUT2D eigenvalue weighted by Crippen LogP contribution is 2.19. The summed E-state index contributed by atoms with van der Waals surface area (Å²) in [6, 6.07) is 4.92. The van der Waals surface area contributed by atoms with Crippen LogP contribution in [0, 0.1) is 13.8 Å². The third kappa shape index (κ3) is 4.59. The monoisotopic (exact) mass is 320 g/mol. The molecule has 2 aromatic heterocycles. The Hall–Kier alpha value is -2.28.